The van der Waals surface area contributed by atoms with Crippen LogP contribution in [0.25, 0.3) is 11.3 Å². The standard InChI is InChI=1S/C20H18N4O4/c25-20(17-7-4-14-28-17)23-12-10-22(11-13-23)18-9-8-16(24(26)27)19(21-18)15-5-2-1-3-6-15/h1-9,14H,10-13H2. The molecule has 3 heterocycles. The van der Waals surface area contributed by atoms with Crippen molar-refractivity contribution >= 4 is 17.4 Å². The number of hydrogen-bond donors (Lipinski definition) is 0. The van der Waals surface area contributed by atoms with Crippen LogP contribution in [0.2, 0.25) is 0 Å². The van der Waals surface area contributed by atoms with E-state index < -0.39 is 4.92 Å². The molecule has 28 heavy (non-hydrogen) atoms. The molecule has 1 amide bonds. The number of rotatable bonds is 4. The molecule has 0 radical (unpaired) electrons. The van der Waals surface area contributed by atoms with E-state index in [2.05, 4.69) is 4.98 Å². The third kappa shape index (κ3) is 3.44. The molecule has 0 aliphatic carbocycles. The molecule has 8 nitrogen and oxygen atoms in total. The Labute approximate surface area is 161 Å². The minimum absolute atomic E-state index is 0.0263. The van der Waals surface area contributed by atoms with Crippen LogP contribution in [-0.2, 0) is 0 Å². The van der Waals surface area contributed by atoms with E-state index in [4.69, 9.17) is 4.42 Å². The summed E-state index contributed by atoms with van der Waals surface area (Å²) in [6.07, 6.45) is 1.48. The Balaban J connectivity index is 1.54. The number of hydrogen-bond acceptors (Lipinski definition) is 6. The van der Waals surface area contributed by atoms with Crippen molar-refractivity contribution in [2.45, 2.75) is 0 Å². The van der Waals surface area contributed by atoms with Gasteiger partial charge in [-0.25, -0.2) is 4.98 Å². The third-order valence-electron chi connectivity index (χ3n) is 4.73. The van der Waals surface area contributed by atoms with E-state index in [9.17, 15) is 14.9 Å². The largest absolute Gasteiger partial charge is 0.459 e. The first-order chi connectivity index (χ1) is 13.6. The van der Waals surface area contributed by atoms with Crippen molar-refractivity contribution < 1.29 is 14.1 Å². The van der Waals surface area contributed by atoms with Gasteiger partial charge in [0.2, 0.25) is 0 Å². The second kappa shape index (κ2) is 7.51. The Bertz CT molecular complexity index is 981. The van der Waals surface area contributed by atoms with Crippen molar-refractivity contribution in [2.75, 3.05) is 31.1 Å². The molecule has 1 aromatic carbocycles. The summed E-state index contributed by atoms with van der Waals surface area (Å²) < 4.78 is 5.18. The minimum atomic E-state index is -0.418. The number of carbonyl (C=O) groups excluding carboxylic acids is 1. The van der Waals surface area contributed by atoms with Crippen molar-refractivity contribution in [1.29, 1.82) is 0 Å². The molecule has 0 saturated carbocycles. The lowest BCUT2D eigenvalue weighted by Gasteiger charge is -2.35. The van der Waals surface area contributed by atoms with Crippen LogP contribution in [0.3, 0.4) is 0 Å². The Morgan fingerprint density at radius 3 is 2.39 bits per heavy atom. The summed E-state index contributed by atoms with van der Waals surface area (Å²) in [4.78, 5) is 31.7. The van der Waals surface area contributed by atoms with E-state index >= 15 is 0 Å². The normalized spacial score (nSPS) is 14.1. The first kappa shape index (κ1) is 17.7. The van der Waals surface area contributed by atoms with Gasteiger partial charge < -0.3 is 14.2 Å². The summed E-state index contributed by atoms with van der Waals surface area (Å²) in [6.45, 7) is 2.23. The molecule has 0 N–H and O–H groups in total. The Morgan fingerprint density at radius 2 is 1.75 bits per heavy atom. The Kier molecular flexibility index (Phi) is 4.76. The molecule has 0 unspecified atom stereocenters. The van der Waals surface area contributed by atoms with Gasteiger partial charge in [-0.3, -0.25) is 14.9 Å². The van der Waals surface area contributed by atoms with Crippen molar-refractivity contribution in [1.82, 2.24) is 9.88 Å². The molecule has 0 bridgehead atoms. The average molecular weight is 378 g/mol. The second-order valence-corrected chi connectivity index (χ2v) is 6.42. The topological polar surface area (TPSA) is 92.7 Å². The lowest BCUT2D eigenvalue weighted by molar-refractivity contribution is -0.384. The zero-order valence-electron chi connectivity index (χ0n) is 15.0. The lowest BCUT2D eigenvalue weighted by Crippen LogP contribution is -2.49. The number of nitrogens with zero attached hydrogens (tertiary/aromatic N) is 4. The summed E-state index contributed by atoms with van der Waals surface area (Å²) in [5, 5.41) is 11.4. The van der Waals surface area contributed by atoms with Crippen LogP contribution in [0.5, 0.6) is 0 Å². The maximum absolute atomic E-state index is 12.4. The maximum atomic E-state index is 12.4. The zero-order valence-corrected chi connectivity index (χ0v) is 15.0. The number of pyridine rings is 1. The van der Waals surface area contributed by atoms with Crippen LogP contribution in [0.4, 0.5) is 11.5 Å². The molecule has 4 rings (SSSR count). The molecule has 1 aliphatic heterocycles. The number of carbonyl (C=O) groups is 1. The predicted molar refractivity (Wildman–Crippen MR) is 103 cm³/mol. The smallest absolute Gasteiger partial charge is 0.295 e. The summed E-state index contributed by atoms with van der Waals surface area (Å²) in [7, 11) is 0. The molecule has 8 heteroatoms. The first-order valence-corrected chi connectivity index (χ1v) is 8.92. The van der Waals surface area contributed by atoms with E-state index in [-0.39, 0.29) is 11.6 Å². The highest BCUT2D eigenvalue weighted by Gasteiger charge is 2.26. The summed E-state index contributed by atoms with van der Waals surface area (Å²) in [6, 6.07) is 15.6. The fourth-order valence-electron chi connectivity index (χ4n) is 3.27. The first-order valence-electron chi connectivity index (χ1n) is 8.92. The molecular formula is C20H18N4O4. The maximum Gasteiger partial charge on any atom is 0.295 e. The number of amides is 1. The highest BCUT2D eigenvalue weighted by Crippen LogP contribution is 2.30. The van der Waals surface area contributed by atoms with Crippen LogP contribution < -0.4 is 4.90 Å². The van der Waals surface area contributed by atoms with E-state index in [1.807, 2.05) is 23.1 Å². The van der Waals surface area contributed by atoms with E-state index in [0.717, 1.165) is 0 Å². The zero-order chi connectivity index (χ0) is 19.5. The van der Waals surface area contributed by atoms with Gasteiger partial charge >= 0.3 is 0 Å². The summed E-state index contributed by atoms with van der Waals surface area (Å²) >= 11 is 0. The molecule has 3 aromatic rings. The quantitative estimate of drug-likeness (QED) is 0.511. The number of aromatic nitrogens is 1. The van der Waals surface area contributed by atoms with Crippen molar-refractivity contribution in [3.63, 3.8) is 0 Å². The molecule has 1 saturated heterocycles. The van der Waals surface area contributed by atoms with Crippen LogP contribution in [0.15, 0.2) is 65.3 Å². The van der Waals surface area contributed by atoms with Crippen LogP contribution in [0.1, 0.15) is 10.6 Å². The molecule has 0 atom stereocenters. The van der Waals surface area contributed by atoms with Crippen LogP contribution in [-0.4, -0.2) is 46.9 Å². The monoisotopic (exact) mass is 378 g/mol. The number of furan rings is 1. The summed E-state index contributed by atoms with van der Waals surface area (Å²) in [5.74, 6) is 0.856. The van der Waals surface area contributed by atoms with Crippen molar-refractivity contribution in [3.05, 3.63) is 76.7 Å². The van der Waals surface area contributed by atoms with Crippen LogP contribution in [0, 0.1) is 10.1 Å². The fourth-order valence-corrected chi connectivity index (χ4v) is 3.27. The van der Waals surface area contributed by atoms with E-state index in [0.29, 0.717) is 49.0 Å². The van der Waals surface area contributed by atoms with Gasteiger partial charge in [0.1, 0.15) is 5.82 Å². The number of benzene rings is 1. The van der Waals surface area contributed by atoms with Gasteiger partial charge in [0.05, 0.1) is 11.2 Å². The van der Waals surface area contributed by atoms with Crippen molar-refractivity contribution in [2.24, 2.45) is 0 Å². The van der Waals surface area contributed by atoms with Gasteiger partial charge in [-0.15, -0.1) is 0 Å². The van der Waals surface area contributed by atoms with Gasteiger partial charge in [0.25, 0.3) is 11.6 Å². The minimum Gasteiger partial charge on any atom is -0.459 e. The highest BCUT2D eigenvalue weighted by molar-refractivity contribution is 5.91. The molecule has 1 aliphatic rings. The van der Waals surface area contributed by atoms with Gasteiger partial charge in [-0.1, -0.05) is 30.3 Å². The average Bonchev–Trinajstić information content (AvgIpc) is 3.28. The number of nitro groups is 1. The number of anilines is 1. The predicted octanol–water partition coefficient (Wildman–Crippen LogP) is 3.21. The highest BCUT2D eigenvalue weighted by atomic mass is 16.6. The lowest BCUT2D eigenvalue weighted by atomic mass is 10.1. The molecular weight excluding hydrogens is 360 g/mol. The van der Waals surface area contributed by atoms with Gasteiger partial charge in [-0.2, -0.15) is 0 Å². The third-order valence-corrected chi connectivity index (χ3v) is 4.73. The van der Waals surface area contributed by atoms with Crippen LogP contribution >= 0.6 is 0 Å². The van der Waals surface area contributed by atoms with Gasteiger partial charge in [0.15, 0.2) is 11.5 Å². The molecule has 142 valence electrons. The Hall–Kier alpha value is -3.68. The van der Waals surface area contributed by atoms with E-state index in [1.165, 1.54) is 12.3 Å². The second-order valence-electron chi connectivity index (χ2n) is 6.42. The fraction of sp³-hybridized carbons (Fsp3) is 0.200. The van der Waals surface area contributed by atoms with Gasteiger partial charge in [0, 0.05) is 37.8 Å². The molecule has 1 fully saturated rings. The number of piperazine rings is 1. The van der Waals surface area contributed by atoms with Gasteiger partial charge in [-0.05, 0) is 18.2 Å². The molecule has 0 spiro atoms. The SMILES string of the molecule is O=C(c1ccco1)N1CCN(c2ccc([N+](=O)[O-])c(-c3ccccc3)n2)CC1. The Morgan fingerprint density at radius 1 is 1.00 bits per heavy atom. The molecule has 2 aromatic heterocycles. The van der Waals surface area contributed by atoms with E-state index in [1.54, 1.807) is 35.2 Å². The van der Waals surface area contributed by atoms with Crippen molar-refractivity contribution in [3.8, 4) is 11.3 Å². The summed E-state index contributed by atoms with van der Waals surface area (Å²) in [5.41, 5.74) is 1.02.